The van der Waals surface area contributed by atoms with Gasteiger partial charge in [-0.1, -0.05) is 11.3 Å². The van der Waals surface area contributed by atoms with Gasteiger partial charge in [0.25, 0.3) is 0 Å². The Morgan fingerprint density at radius 2 is 1.74 bits per heavy atom. The van der Waals surface area contributed by atoms with Crippen molar-refractivity contribution >= 4 is 26.8 Å². The van der Waals surface area contributed by atoms with Crippen molar-refractivity contribution in [2.75, 3.05) is 38.1 Å². The molecule has 0 unspecified atom stereocenters. The number of rotatable bonds is 1. The molecule has 4 heterocycles. The van der Waals surface area contributed by atoms with E-state index in [-0.39, 0.29) is 0 Å². The average molecular weight is 334 g/mol. The Kier molecular flexibility index (Phi) is 3.84. The Labute approximate surface area is 142 Å². The van der Waals surface area contributed by atoms with Gasteiger partial charge >= 0.3 is 0 Å². The van der Waals surface area contributed by atoms with Crippen molar-refractivity contribution in [3.05, 3.63) is 5.69 Å². The Morgan fingerprint density at radius 1 is 1.00 bits per heavy atom. The zero-order chi connectivity index (χ0) is 16.0. The lowest BCUT2D eigenvalue weighted by atomic mass is 9.73. The first kappa shape index (κ1) is 15.4. The summed E-state index contributed by atoms with van der Waals surface area (Å²) in [5, 5.41) is 5.67. The van der Waals surface area contributed by atoms with Crippen molar-refractivity contribution in [3.8, 4) is 0 Å². The van der Waals surface area contributed by atoms with Crippen molar-refractivity contribution < 1.29 is 0 Å². The molecule has 2 aliphatic rings. The molecule has 2 aliphatic heterocycles. The third-order valence-electron chi connectivity index (χ3n) is 5.90. The maximum absolute atomic E-state index is 4.88. The normalized spacial score (nSPS) is 22.8. The monoisotopic (exact) mass is 333 g/mol. The van der Waals surface area contributed by atoms with E-state index in [0.29, 0.717) is 5.41 Å². The number of anilines is 1. The highest BCUT2D eigenvalue weighted by Gasteiger charge is 2.35. The quantitative estimate of drug-likeness (QED) is 0.804. The highest BCUT2D eigenvalue weighted by molar-refractivity contribution is 7.22. The number of likely N-dealkylation sites (tertiary alicyclic amines) is 1. The SMILES string of the molecule is Cc1nn(C)c2nc(N3CCCC4(CCN(C)CC4)CC3)sc12. The molecule has 2 aromatic rings. The summed E-state index contributed by atoms with van der Waals surface area (Å²) in [6.07, 6.45) is 6.77. The first-order chi connectivity index (χ1) is 11.1. The topological polar surface area (TPSA) is 37.2 Å². The number of fused-ring (bicyclic) bond motifs is 1. The second-order valence-electron chi connectivity index (χ2n) is 7.50. The summed E-state index contributed by atoms with van der Waals surface area (Å²) in [5.74, 6) is 0. The predicted molar refractivity (Wildman–Crippen MR) is 96.4 cm³/mol. The van der Waals surface area contributed by atoms with E-state index in [1.807, 2.05) is 23.1 Å². The van der Waals surface area contributed by atoms with Crippen molar-refractivity contribution in [1.82, 2.24) is 19.7 Å². The molecular weight excluding hydrogens is 306 g/mol. The molecule has 2 aromatic heterocycles. The third-order valence-corrected chi connectivity index (χ3v) is 7.11. The lowest BCUT2D eigenvalue weighted by molar-refractivity contribution is 0.109. The molecule has 2 fully saturated rings. The van der Waals surface area contributed by atoms with E-state index in [9.17, 15) is 0 Å². The van der Waals surface area contributed by atoms with Crippen molar-refractivity contribution in [3.63, 3.8) is 0 Å². The van der Waals surface area contributed by atoms with Crippen LogP contribution in [0.1, 0.15) is 37.8 Å². The van der Waals surface area contributed by atoms with Crippen LogP contribution >= 0.6 is 11.3 Å². The van der Waals surface area contributed by atoms with Crippen LogP contribution in [0.5, 0.6) is 0 Å². The van der Waals surface area contributed by atoms with Crippen LogP contribution in [-0.2, 0) is 7.05 Å². The Morgan fingerprint density at radius 3 is 2.48 bits per heavy atom. The number of piperidine rings is 1. The maximum atomic E-state index is 4.88. The van der Waals surface area contributed by atoms with E-state index < -0.39 is 0 Å². The zero-order valence-corrected chi connectivity index (χ0v) is 15.3. The molecule has 6 heteroatoms. The molecule has 4 rings (SSSR count). The van der Waals surface area contributed by atoms with Gasteiger partial charge in [-0.25, -0.2) is 9.67 Å². The van der Waals surface area contributed by atoms with Gasteiger partial charge in [-0.15, -0.1) is 0 Å². The summed E-state index contributed by atoms with van der Waals surface area (Å²) >= 11 is 1.82. The second kappa shape index (κ2) is 5.74. The molecular formula is C17H27N5S. The number of hydrogen-bond acceptors (Lipinski definition) is 5. The molecule has 0 amide bonds. The van der Waals surface area contributed by atoms with Crippen molar-refractivity contribution in [2.45, 2.75) is 39.0 Å². The molecule has 0 radical (unpaired) electrons. The minimum absolute atomic E-state index is 0.593. The Bertz CT molecular complexity index is 661. The van der Waals surface area contributed by atoms with Crippen molar-refractivity contribution in [2.24, 2.45) is 12.5 Å². The van der Waals surface area contributed by atoms with Crippen LogP contribution in [0.15, 0.2) is 0 Å². The number of hydrogen-bond donors (Lipinski definition) is 0. The fourth-order valence-corrected chi connectivity index (χ4v) is 5.33. The molecule has 0 aromatic carbocycles. The van der Waals surface area contributed by atoms with E-state index in [0.717, 1.165) is 24.4 Å². The lowest BCUT2D eigenvalue weighted by Gasteiger charge is -2.40. The molecule has 0 atom stereocenters. The van der Waals surface area contributed by atoms with Crippen LogP contribution in [0.2, 0.25) is 0 Å². The van der Waals surface area contributed by atoms with Gasteiger partial charge in [-0.2, -0.15) is 5.10 Å². The fraction of sp³-hybridized carbons (Fsp3) is 0.765. The largest absolute Gasteiger partial charge is 0.348 e. The van der Waals surface area contributed by atoms with Gasteiger partial charge in [0.1, 0.15) is 0 Å². The van der Waals surface area contributed by atoms with Crippen LogP contribution in [0.4, 0.5) is 5.13 Å². The van der Waals surface area contributed by atoms with Crippen LogP contribution in [0.25, 0.3) is 10.3 Å². The molecule has 0 N–H and O–H groups in total. The Balaban J connectivity index is 1.52. The summed E-state index contributed by atoms with van der Waals surface area (Å²) in [6, 6.07) is 0. The van der Waals surface area contributed by atoms with E-state index in [4.69, 9.17) is 4.98 Å². The summed E-state index contributed by atoms with van der Waals surface area (Å²) in [5.41, 5.74) is 2.74. The lowest BCUT2D eigenvalue weighted by Crippen LogP contribution is -2.38. The molecule has 5 nitrogen and oxygen atoms in total. The van der Waals surface area contributed by atoms with Crippen LogP contribution in [0.3, 0.4) is 0 Å². The van der Waals surface area contributed by atoms with E-state index >= 15 is 0 Å². The standard InChI is InChI=1S/C17H27N5S/c1-13-14-15(21(3)19-13)18-16(23-14)22-9-4-5-17(8-12-22)6-10-20(2)11-7-17/h4-12H2,1-3H3. The second-order valence-corrected chi connectivity index (χ2v) is 8.48. The third kappa shape index (κ3) is 2.76. The number of nitrogens with zero attached hydrogens (tertiary/aromatic N) is 5. The van der Waals surface area contributed by atoms with E-state index in [2.05, 4.69) is 28.9 Å². The van der Waals surface area contributed by atoms with Gasteiger partial charge < -0.3 is 9.80 Å². The highest BCUT2D eigenvalue weighted by Crippen LogP contribution is 2.42. The summed E-state index contributed by atoms with van der Waals surface area (Å²) in [6.45, 7) is 6.94. The highest BCUT2D eigenvalue weighted by atomic mass is 32.1. The molecule has 2 saturated heterocycles. The molecule has 1 spiro atoms. The minimum Gasteiger partial charge on any atom is -0.348 e. The predicted octanol–water partition coefficient (Wildman–Crippen LogP) is 3.04. The van der Waals surface area contributed by atoms with Gasteiger partial charge in [0.15, 0.2) is 10.8 Å². The smallest absolute Gasteiger partial charge is 0.188 e. The molecule has 126 valence electrons. The van der Waals surface area contributed by atoms with Gasteiger partial charge in [0, 0.05) is 20.1 Å². The first-order valence-corrected chi connectivity index (χ1v) is 9.62. The first-order valence-electron chi connectivity index (χ1n) is 8.80. The van der Waals surface area contributed by atoms with Gasteiger partial charge in [0.2, 0.25) is 0 Å². The zero-order valence-electron chi connectivity index (χ0n) is 14.5. The van der Waals surface area contributed by atoms with Crippen LogP contribution in [-0.4, -0.2) is 52.9 Å². The number of thiazole rings is 1. The van der Waals surface area contributed by atoms with Crippen LogP contribution < -0.4 is 4.90 Å². The maximum Gasteiger partial charge on any atom is 0.188 e. The summed E-state index contributed by atoms with van der Waals surface area (Å²) in [4.78, 5) is 9.89. The Hall–Kier alpha value is -1.14. The summed E-state index contributed by atoms with van der Waals surface area (Å²) in [7, 11) is 4.25. The molecule has 0 bridgehead atoms. The van der Waals surface area contributed by atoms with Gasteiger partial charge in [0.05, 0.1) is 10.4 Å². The molecule has 23 heavy (non-hydrogen) atoms. The van der Waals surface area contributed by atoms with Gasteiger partial charge in [-0.05, 0) is 64.6 Å². The van der Waals surface area contributed by atoms with Gasteiger partial charge in [-0.3, -0.25) is 0 Å². The molecule has 0 aliphatic carbocycles. The number of aromatic nitrogens is 3. The van der Waals surface area contributed by atoms with E-state index in [1.54, 1.807) is 0 Å². The minimum atomic E-state index is 0.593. The number of aryl methyl sites for hydroxylation is 2. The van der Waals surface area contributed by atoms with E-state index in [1.165, 1.54) is 55.0 Å². The van der Waals surface area contributed by atoms with Crippen molar-refractivity contribution in [1.29, 1.82) is 0 Å². The molecule has 0 saturated carbocycles. The van der Waals surface area contributed by atoms with Crippen LogP contribution in [0, 0.1) is 12.3 Å². The fourth-order valence-electron chi connectivity index (χ4n) is 4.25. The summed E-state index contributed by atoms with van der Waals surface area (Å²) < 4.78 is 3.17. The average Bonchev–Trinajstić information content (AvgIpc) is 3.01.